The molecule has 2 amide bonds. The summed E-state index contributed by atoms with van der Waals surface area (Å²) >= 11 is 0. The van der Waals surface area contributed by atoms with E-state index < -0.39 is 18.1 Å². The van der Waals surface area contributed by atoms with E-state index in [0.717, 1.165) is 4.90 Å². The zero-order chi connectivity index (χ0) is 13.3. The first-order valence-electron chi connectivity index (χ1n) is 5.78. The third kappa shape index (κ3) is 2.11. The Bertz CT molecular complexity index is 384. The number of imide groups is 1. The van der Waals surface area contributed by atoms with Gasteiger partial charge in [-0.15, -0.1) is 0 Å². The highest BCUT2D eigenvalue weighted by Gasteiger charge is 2.45. The maximum absolute atomic E-state index is 11.9. The zero-order valence-corrected chi connectivity index (χ0v) is 10.4. The van der Waals surface area contributed by atoms with Gasteiger partial charge in [0.2, 0.25) is 11.8 Å². The van der Waals surface area contributed by atoms with Crippen LogP contribution < -0.4 is 0 Å². The molecule has 0 aromatic carbocycles. The maximum atomic E-state index is 11.9. The number of nitrogens with zero attached hydrogens (tertiary/aromatic N) is 2. The van der Waals surface area contributed by atoms with Gasteiger partial charge in [0.1, 0.15) is 6.04 Å². The number of hydrogen-bond donors (Lipinski definition) is 0. The Balaban J connectivity index is 2.17. The minimum atomic E-state index is -0.614. The highest BCUT2D eigenvalue weighted by molar-refractivity contribution is 6.05. The molecule has 7 nitrogen and oxygen atoms in total. The molecule has 100 valence electrons. The lowest BCUT2D eigenvalue weighted by molar-refractivity contribution is -0.156. The summed E-state index contributed by atoms with van der Waals surface area (Å²) < 4.78 is 9.93. The fraction of sp³-hybridized carbons (Fsp3) is 0.727. The Kier molecular flexibility index (Phi) is 3.63. The van der Waals surface area contributed by atoms with Gasteiger partial charge in [-0.25, -0.2) is 0 Å². The molecule has 0 spiro atoms. The zero-order valence-electron chi connectivity index (χ0n) is 10.4. The molecule has 2 aliphatic rings. The van der Waals surface area contributed by atoms with Crippen molar-refractivity contribution < 1.29 is 23.9 Å². The van der Waals surface area contributed by atoms with Crippen molar-refractivity contribution in [3.05, 3.63) is 0 Å². The van der Waals surface area contributed by atoms with E-state index in [9.17, 15) is 14.4 Å². The van der Waals surface area contributed by atoms with Gasteiger partial charge in [0.15, 0.2) is 0 Å². The standard InChI is InChI=1S/C11H16N2O5/c1-12-9(14)5-7(10(12)15)13-3-4-18-6-8(13)11(16)17-2/h7-8H,3-6H2,1-2H3. The molecule has 2 aliphatic heterocycles. The van der Waals surface area contributed by atoms with Gasteiger partial charge in [-0.1, -0.05) is 0 Å². The highest BCUT2D eigenvalue weighted by atomic mass is 16.5. The Morgan fingerprint density at radius 3 is 2.72 bits per heavy atom. The van der Waals surface area contributed by atoms with Gasteiger partial charge in [0, 0.05) is 13.6 Å². The summed E-state index contributed by atoms with van der Waals surface area (Å²) in [6, 6.07) is -1.19. The molecule has 0 N–H and O–H groups in total. The molecule has 0 saturated carbocycles. The van der Waals surface area contributed by atoms with Crippen molar-refractivity contribution in [3.63, 3.8) is 0 Å². The topological polar surface area (TPSA) is 76.2 Å². The van der Waals surface area contributed by atoms with Crippen molar-refractivity contribution in [1.29, 1.82) is 0 Å². The lowest BCUT2D eigenvalue weighted by Gasteiger charge is -2.36. The number of likely N-dealkylation sites (tertiary alicyclic amines) is 1. The van der Waals surface area contributed by atoms with E-state index in [4.69, 9.17) is 9.47 Å². The van der Waals surface area contributed by atoms with E-state index in [1.165, 1.54) is 14.2 Å². The van der Waals surface area contributed by atoms with Gasteiger partial charge in [0.25, 0.3) is 0 Å². The van der Waals surface area contributed by atoms with Gasteiger partial charge in [-0.3, -0.25) is 24.2 Å². The predicted octanol–water partition coefficient (Wildman–Crippen LogP) is -1.38. The summed E-state index contributed by atoms with van der Waals surface area (Å²) in [6.45, 7) is 1.07. The van der Waals surface area contributed by atoms with Crippen LogP contribution in [0.2, 0.25) is 0 Å². The molecule has 2 fully saturated rings. The third-order valence-electron chi connectivity index (χ3n) is 3.40. The highest BCUT2D eigenvalue weighted by Crippen LogP contribution is 2.22. The largest absolute Gasteiger partial charge is 0.468 e. The van der Waals surface area contributed by atoms with E-state index in [-0.39, 0.29) is 24.8 Å². The summed E-state index contributed by atoms with van der Waals surface area (Å²) in [5.41, 5.74) is 0. The molecule has 7 heteroatoms. The van der Waals surface area contributed by atoms with Crippen LogP contribution in [-0.4, -0.2) is 73.6 Å². The second-order valence-electron chi connectivity index (χ2n) is 4.36. The van der Waals surface area contributed by atoms with Crippen molar-refractivity contribution in [2.24, 2.45) is 0 Å². The van der Waals surface area contributed by atoms with E-state index in [0.29, 0.717) is 13.2 Å². The summed E-state index contributed by atoms with van der Waals surface area (Å²) in [7, 11) is 2.75. The number of morpholine rings is 1. The Labute approximate surface area is 105 Å². The second kappa shape index (κ2) is 5.03. The van der Waals surface area contributed by atoms with Crippen LogP contribution in [0.15, 0.2) is 0 Å². The molecular weight excluding hydrogens is 240 g/mol. The Morgan fingerprint density at radius 2 is 2.17 bits per heavy atom. The number of carbonyl (C=O) groups excluding carboxylic acids is 3. The van der Waals surface area contributed by atoms with E-state index in [1.54, 1.807) is 4.90 Å². The van der Waals surface area contributed by atoms with Gasteiger partial charge in [-0.05, 0) is 0 Å². The quantitative estimate of drug-likeness (QED) is 0.447. The van der Waals surface area contributed by atoms with Crippen molar-refractivity contribution in [3.8, 4) is 0 Å². The van der Waals surface area contributed by atoms with Crippen molar-refractivity contribution >= 4 is 17.8 Å². The molecule has 18 heavy (non-hydrogen) atoms. The van der Waals surface area contributed by atoms with Crippen LogP contribution in [0, 0.1) is 0 Å². The number of ether oxygens (including phenoxy) is 2. The number of rotatable bonds is 2. The average Bonchev–Trinajstić information content (AvgIpc) is 2.65. The van der Waals surface area contributed by atoms with E-state index >= 15 is 0 Å². The lowest BCUT2D eigenvalue weighted by Crippen LogP contribution is -2.56. The van der Waals surface area contributed by atoms with Crippen LogP contribution >= 0.6 is 0 Å². The number of methoxy groups -OCH3 is 1. The van der Waals surface area contributed by atoms with Crippen LogP contribution in [0.1, 0.15) is 6.42 Å². The monoisotopic (exact) mass is 256 g/mol. The van der Waals surface area contributed by atoms with Crippen molar-refractivity contribution in [1.82, 2.24) is 9.80 Å². The summed E-state index contributed by atoms with van der Waals surface area (Å²) in [6.07, 6.45) is 0.114. The van der Waals surface area contributed by atoms with Crippen LogP contribution in [0.4, 0.5) is 0 Å². The minimum Gasteiger partial charge on any atom is -0.468 e. The number of likely N-dealkylation sites (N-methyl/N-ethyl adjacent to an activating group) is 1. The minimum absolute atomic E-state index is 0.114. The molecule has 0 aromatic rings. The molecule has 0 aliphatic carbocycles. The molecule has 2 heterocycles. The van der Waals surface area contributed by atoms with Crippen LogP contribution in [0.25, 0.3) is 0 Å². The second-order valence-corrected chi connectivity index (χ2v) is 4.36. The SMILES string of the molecule is COC(=O)C1COCCN1C1CC(=O)N(C)C1=O. The molecule has 0 aromatic heterocycles. The first-order valence-corrected chi connectivity index (χ1v) is 5.78. The van der Waals surface area contributed by atoms with Gasteiger partial charge >= 0.3 is 5.97 Å². The number of esters is 1. The number of carbonyl (C=O) groups is 3. The summed E-state index contributed by atoms with van der Waals surface area (Å²) in [4.78, 5) is 37.9. The molecule has 2 unspecified atom stereocenters. The van der Waals surface area contributed by atoms with Crippen LogP contribution in [-0.2, 0) is 23.9 Å². The number of amides is 2. The molecule has 0 radical (unpaired) electrons. The number of hydrogen-bond acceptors (Lipinski definition) is 6. The maximum Gasteiger partial charge on any atom is 0.325 e. The summed E-state index contributed by atoms with van der Waals surface area (Å²) in [5.74, 6) is -0.930. The van der Waals surface area contributed by atoms with Crippen LogP contribution in [0.3, 0.4) is 0 Å². The molecular formula is C11H16N2O5. The van der Waals surface area contributed by atoms with Gasteiger partial charge in [0.05, 0.1) is 32.8 Å². The van der Waals surface area contributed by atoms with Crippen molar-refractivity contribution in [2.75, 3.05) is 33.9 Å². The molecule has 2 saturated heterocycles. The molecule has 2 rings (SSSR count). The summed E-state index contributed by atoms with van der Waals surface area (Å²) in [5, 5.41) is 0. The first-order chi connectivity index (χ1) is 8.56. The van der Waals surface area contributed by atoms with Gasteiger partial charge in [-0.2, -0.15) is 0 Å². The van der Waals surface area contributed by atoms with E-state index in [1.807, 2.05) is 0 Å². The smallest absolute Gasteiger partial charge is 0.325 e. The Hall–Kier alpha value is -1.47. The Morgan fingerprint density at radius 1 is 1.44 bits per heavy atom. The van der Waals surface area contributed by atoms with Crippen molar-refractivity contribution in [2.45, 2.75) is 18.5 Å². The average molecular weight is 256 g/mol. The normalized spacial score (nSPS) is 29.8. The third-order valence-corrected chi connectivity index (χ3v) is 3.40. The molecule has 2 atom stereocenters. The van der Waals surface area contributed by atoms with E-state index in [2.05, 4.69) is 0 Å². The first kappa shape index (κ1) is 13.0. The lowest BCUT2D eigenvalue weighted by atomic mass is 10.1. The molecule has 0 bridgehead atoms. The van der Waals surface area contributed by atoms with Gasteiger partial charge < -0.3 is 9.47 Å². The predicted molar refractivity (Wildman–Crippen MR) is 59.5 cm³/mol. The van der Waals surface area contributed by atoms with Crippen LogP contribution in [0.5, 0.6) is 0 Å². The fourth-order valence-corrected chi connectivity index (χ4v) is 2.32. The fourth-order valence-electron chi connectivity index (χ4n) is 2.32.